The van der Waals surface area contributed by atoms with Gasteiger partial charge in [0.15, 0.2) is 16.6 Å². The molecule has 0 saturated heterocycles. The summed E-state index contributed by atoms with van der Waals surface area (Å²) in [5.41, 5.74) is 3.14. The fraction of sp³-hybridized carbons (Fsp3) is 0.391. The molecule has 1 aliphatic rings. The number of ether oxygens (including phenoxy) is 2. The number of aryl methyl sites for hydroxylation is 1. The van der Waals surface area contributed by atoms with E-state index in [9.17, 15) is 4.79 Å². The quantitative estimate of drug-likeness (QED) is 0.544. The average molecular weight is 426 g/mol. The maximum atomic E-state index is 13.3. The van der Waals surface area contributed by atoms with Crippen LogP contribution in [-0.4, -0.2) is 49.8 Å². The van der Waals surface area contributed by atoms with Crippen molar-refractivity contribution in [1.29, 1.82) is 0 Å². The molecule has 0 atom stereocenters. The molecule has 1 aromatic heterocycles. The normalized spacial score (nSPS) is 12.7. The first-order valence-corrected chi connectivity index (χ1v) is 11.1. The van der Waals surface area contributed by atoms with Crippen LogP contribution in [0.15, 0.2) is 36.4 Å². The first-order chi connectivity index (χ1) is 14.5. The van der Waals surface area contributed by atoms with Gasteiger partial charge in [-0.3, -0.25) is 9.69 Å². The number of para-hydroxylation sites is 1. The van der Waals surface area contributed by atoms with Crippen LogP contribution < -0.4 is 14.4 Å². The lowest BCUT2D eigenvalue weighted by Crippen LogP contribution is -2.34. The summed E-state index contributed by atoms with van der Waals surface area (Å²) < 4.78 is 12.0. The molecule has 0 fully saturated rings. The van der Waals surface area contributed by atoms with Crippen LogP contribution in [-0.2, 0) is 17.6 Å². The Morgan fingerprint density at radius 2 is 1.97 bits per heavy atom. The number of carbonyl (C=O) groups excluding carboxylic acids is 1. The van der Waals surface area contributed by atoms with E-state index < -0.39 is 0 Å². The third-order valence-electron chi connectivity index (χ3n) is 5.18. The fourth-order valence-corrected chi connectivity index (χ4v) is 4.64. The topological polar surface area (TPSA) is 54.9 Å². The van der Waals surface area contributed by atoms with Crippen LogP contribution in [0.1, 0.15) is 24.5 Å². The van der Waals surface area contributed by atoms with Crippen LogP contribution >= 0.6 is 11.3 Å². The van der Waals surface area contributed by atoms with Gasteiger partial charge in [-0.25, -0.2) is 4.98 Å². The minimum Gasteiger partial charge on any atom is -0.454 e. The predicted molar refractivity (Wildman–Crippen MR) is 121 cm³/mol. The lowest BCUT2D eigenvalue weighted by atomic mass is 10.1. The van der Waals surface area contributed by atoms with Gasteiger partial charge in [0, 0.05) is 6.54 Å². The second kappa shape index (κ2) is 9.02. The number of amides is 1. The molecule has 0 unspecified atom stereocenters. The molecule has 0 saturated carbocycles. The molecule has 2 aromatic carbocycles. The third-order valence-corrected chi connectivity index (χ3v) is 6.23. The second-order valence-electron chi connectivity index (χ2n) is 7.68. The lowest BCUT2D eigenvalue weighted by Gasteiger charge is -2.21. The molecule has 30 heavy (non-hydrogen) atoms. The predicted octanol–water partition coefficient (Wildman–Crippen LogP) is 4.11. The number of hydrogen-bond acceptors (Lipinski definition) is 6. The molecule has 3 aromatic rings. The van der Waals surface area contributed by atoms with E-state index >= 15 is 0 Å². The monoisotopic (exact) mass is 425 g/mol. The van der Waals surface area contributed by atoms with E-state index in [0.29, 0.717) is 18.7 Å². The molecule has 4 rings (SSSR count). The van der Waals surface area contributed by atoms with Crippen molar-refractivity contribution in [1.82, 2.24) is 9.88 Å². The highest BCUT2D eigenvalue weighted by Gasteiger charge is 2.22. The summed E-state index contributed by atoms with van der Waals surface area (Å²) in [6.07, 6.45) is 2.11. The molecule has 7 heteroatoms. The van der Waals surface area contributed by atoms with Gasteiger partial charge >= 0.3 is 0 Å². The van der Waals surface area contributed by atoms with Crippen molar-refractivity contribution in [2.45, 2.75) is 26.2 Å². The summed E-state index contributed by atoms with van der Waals surface area (Å²) in [6.45, 7) is 3.92. The minimum atomic E-state index is 0.0460. The molecular formula is C23H27N3O3S. The molecule has 6 nitrogen and oxygen atoms in total. The molecular weight excluding hydrogens is 398 g/mol. The van der Waals surface area contributed by atoms with Crippen LogP contribution in [0.5, 0.6) is 11.5 Å². The molecule has 0 aliphatic carbocycles. The van der Waals surface area contributed by atoms with Gasteiger partial charge in [-0.15, -0.1) is 0 Å². The van der Waals surface area contributed by atoms with E-state index in [1.54, 1.807) is 11.3 Å². The Morgan fingerprint density at radius 1 is 1.13 bits per heavy atom. The van der Waals surface area contributed by atoms with Gasteiger partial charge in [0.2, 0.25) is 12.7 Å². The second-order valence-corrected chi connectivity index (χ2v) is 8.69. The zero-order chi connectivity index (χ0) is 21.1. The maximum absolute atomic E-state index is 13.3. The van der Waals surface area contributed by atoms with Crippen LogP contribution in [0.25, 0.3) is 10.2 Å². The smallest absolute Gasteiger partial charge is 0.233 e. The van der Waals surface area contributed by atoms with Crippen molar-refractivity contribution in [3.05, 3.63) is 47.5 Å². The van der Waals surface area contributed by atoms with Crippen LogP contribution in [0.2, 0.25) is 0 Å². The average Bonchev–Trinajstić information content (AvgIpc) is 3.36. The van der Waals surface area contributed by atoms with Crippen molar-refractivity contribution in [2.75, 3.05) is 38.9 Å². The van der Waals surface area contributed by atoms with Crippen molar-refractivity contribution < 1.29 is 14.3 Å². The molecule has 2 heterocycles. The first kappa shape index (κ1) is 20.6. The SMILES string of the molecule is CCc1cccc2sc(N(CCCN(C)C)C(=O)Cc3ccc4c(c3)OCO4)nc12. The van der Waals surface area contributed by atoms with E-state index in [4.69, 9.17) is 14.5 Å². The molecule has 0 radical (unpaired) electrons. The van der Waals surface area contributed by atoms with Gasteiger partial charge in [-0.05, 0) is 62.8 Å². The molecule has 1 aliphatic heterocycles. The lowest BCUT2D eigenvalue weighted by molar-refractivity contribution is -0.118. The van der Waals surface area contributed by atoms with Crippen LogP contribution in [0.4, 0.5) is 5.13 Å². The Bertz CT molecular complexity index is 1050. The highest BCUT2D eigenvalue weighted by Crippen LogP contribution is 2.34. The van der Waals surface area contributed by atoms with Crippen molar-refractivity contribution in [3.63, 3.8) is 0 Å². The van der Waals surface area contributed by atoms with E-state index in [1.807, 2.05) is 37.2 Å². The highest BCUT2D eigenvalue weighted by atomic mass is 32.1. The van der Waals surface area contributed by atoms with Gasteiger partial charge in [0.25, 0.3) is 0 Å². The zero-order valence-electron chi connectivity index (χ0n) is 17.7. The molecule has 0 spiro atoms. The molecule has 158 valence electrons. The number of benzene rings is 2. The third kappa shape index (κ3) is 4.42. The largest absolute Gasteiger partial charge is 0.454 e. The Hall–Kier alpha value is -2.64. The van der Waals surface area contributed by atoms with Crippen LogP contribution in [0.3, 0.4) is 0 Å². The highest BCUT2D eigenvalue weighted by molar-refractivity contribution is 7.22. The summed E-state index contributed by atoms with van der Waals surface area (Å²) >= 11 is 1.59. The number of thiazole rings is 1. The van der Waals surface area contributed by atoms with E-state index in [1.165, 1.54) is 5.56 Å². The summed E-state index contributed by atoms with van der Waals surface area (Å²) in [7, 11) is 4.09. The number of anilines is 1. The van der Waals surface area contributed by atoms with Crippen molar-refractivity contribution in [2.24, 2.45) is 0 Å². The van der Waals surface area contributed by atoms with Gasteiger partial charge in [0.05, 0.1) is 16.6 Å². The summed E-state index contributed by atoms with van der Waals surface area (Å²) in [6, 6.07) is 11.9. The number of aromatic nitrogens is 1. The Balaban J connectivity index is 1.59. The van der Waals surface area contributed by atoms with Gasteiger partial charge < -0.3 is 14.4 Å². The minimum absolute atomic E-state index is 0.0460. The van der Waals surface area contributed by atoms with Crippen molar-refractivity contribution in [3.8, 4) is 11.5 Å². The maximum Gasteiger partial charge on any atom is 0.233 e. The zero-order valence-corrected chi connectivity index (χ0v) is 18.5. The van der Waals surface area contributed by atoms with E-state index in [0.717, 1.165) is 46.0 Å². The van der Waals surface area contributed by atoms with E-state index in [2.05, 4.69) is 30.0 Å². The fourth-order valence-electron chi connectivity index (χ4n) is 3.59. The number of nitrogens with zero attached hydrogens (tertiary/aromatic N) is 3. The Kier molecular flexibility index (Phi) is 6.20. The van der Waals surface area contributed by atoms with Gasteiger partial charge in [0.1, 0.15) is 0 Å². The molecule has 0 N–H and O–H groups in total. The Labute approximate surface area is 181 Å². The van der Waals surface area contributed by atoms with Gasteiger partial charge in [-0.2, -0.15) is 0 Å². The number of rotatable bonds is 8. The number of fused-ring (bicyclic) bond motifs is 2. The molecule has 1 amide bonds. The van der Waals surface area contributed by atoms with Crippen LogP contribution in [0, 0.1) is 0 Å². The summed E-state index contributed by atoms with van der Waals surface area (Å²) in [4.78, 5) is 22.2. The van der Waals surface area contributed by atoms with Gasteiger partial charge in [-0.1, -0.05) is 36.5 Å². The first-order valence-electron chi connectivity index (χ1n) is 10.3. The standard InChI is InChI=1S/C23H27N3O3S/c1-4-17-7-5-8-20-22(17)24-23(30-20)26(12-6-11-25(2)3)21(27)14-16-9-10-18-19(13-16)29-15-28-18/h5,7-10,13H,4,6,11-12,14-15H2,1-3H3. The molecule has 0 bridgehead atoms. The Morgan fingerprint density at radius 3 is 2.77 bits per heavy atom. The number of carbonyl (C=O) groups is 1. The van der Waals surface area contributed by atoms with E-state index in [-0.39, 0.29) is 12.7 Å². The summed E-state index contributed by atoms with van der Waals surface area (Å²) in [5.74, 6) is 1.48. The van der Waals surface area contributed by atoms with Crippen molar-refractivity contribution >= 4 is 32.6 Å². The number of hydrogen-bond donors (Lipinski definition) is 0. The summed E-state index contributed by atoms with van der Waals surface area (Å²) in [5, 5.41) is 0.774.